The van der Waals surface area contributed by atoms with Crippen LogP contribution in [0.4, 0.5) is 0 Å². The van der Waals surface area contributed by atoms with Crippen LogP contribution in [0.25, 0.3) is 10.9 Å². The van der Waals surface area contributed by atoms with Gasteiger partial charge in [-0.3, -0.25) is 4.79 Å². The Morgan fingerprint density at radius 3 is 2.96 bits per heavy atom. The average Bonchev–Trinajstić information content (AvgIpc) is 3.06. The van der Waals surface area contributed by atoms with Crippen LogP contribution in [-0.2, 0) is 6.54 Å². The first-order valence-electron chi connectivity index (χ1n) is 7.69. The maximum Gasteiger partial charge on any atom is 0.270 e. The number of aromatic amines is 1. The van der Waals surface area contributed by atoms with Gasteiger partial charge in [-0.05, 0) is 47.7 Å². The minimum atomic E-state index is -0.193. The topological polar surface area (TPSA) is 67.0 Å². The van der Waals surface area contributed by atoms with Gasteiger partial charge < -0.3 is 15.0 Å². The molecule has 3 rings (SSSR count). The quantitative estimate of drug-likeness (QED) is 0.734. The van der Waals surface area contributed by atoms with E-state index in [0.29, 0.717) is 24.6 Å². The predicted molar refractivity (Wildman–Crippen MR) is 89.5 cm³/mol. The largest absolute Gasteiger partial charge is 0.492 e. The second-order valence-corrected chi connectivity index (χ2v) is 5.31. The molecule has 0 aliphatic heterocycles. The number of carbonyl (C=O) groups excluding carboxylic acids is 1. The van der Waals surface area contributed by atoms with E-state index in [9.17, 15) is 4.79 Å². The second kappa shape index (κ2) is 6.96. The smallest absolute Gasteiger partial charge is 0.270 e. The normalized spacial score (nSPS) is 10.7. The average molecular weight is 309 g/mol. The summed E-state index contributed by atoms with van der Waals surface area (Å²) in [5.41, 5.74) is 2.52. The monoisotopic (exact) mass is 309 g/mol. The molecule has 23 heavy (non-hydrogen) atoms. The van der Waals surface area contributed by atoms with E-state index >= 15 is 0 Å². The molecule has 2 heterocycles. The van der Waals surface area contributed by atoms with Crippen molar-refractivity contribution in [3.05, 3.63) is 60.0 Å². The Labute approximate surface area is 134 Å². The van der Waals surface area contributed by atoms with Gasteiger partial charge in [-0.15, -0.1) is 0 Å². The lowest BCUT2D eigenvalue weighted by molar-refractivity contribution is 0.0946. The Hall–Kier alpha value is -2.82. The summed E-state index contributed by atoms with van der Waals surface area (Å²) in [7, 11) is 0. The zero-order chi connectivity index (χ0) is 16.1. The van der Waals surface area contributed by atoms with Crippen LogP contribution in [0.2, 0.25) is 0 Å². The van der Waals surface area contributed by atoms with Crippen LogP contribution in [0.1, 0.15) is 29.4 Å². The van der Waals surface area contributed by atoms with Gasteiger partial charge in [-0.1, -0.05) is 13.0 Å². The van der Waals surface area contributed by atoms with Crippen LogP contribution in [0.15, 0.2) is 48.8 Å². The maximum atomic E-state index is 12.1. The molecular formula is C18H19N3O2. The van der Waals surface area contributed by atoms with E-state index in [1.807, 2.05) is 31.3 Å². The van der Waals surface area contributed by atoms with Crippen molar-refractivity contribution in [2.24, 2.45) is 0 Å². The Morgan fingerprint density at radius 1 is 1.26 bits per heavy atom. The number of fused-ring (bicyclic) bond motifs is 1. The zero-order valence-electron chi connectivity index (χ0n) is 13.0. The van der Waals surface area contributed by atoms with E-state index in [2.05, 4.69) is 21.4 Å². The molecule has 0 fully saturated rings. The summed E-state index contributed by atoms with van der Waals surface area (Å²) in [6.45, 7) is 3.16. The lowest BCUT2D eigenvalue weighted by Crippen LogP contribution is -2.23. The molecule has 0 saturated heterocycles. The maximum absolute atomic E-state index is 12.1. The predicted octanol–water partition coefficient (Wildman–Crippen LogP) is 3.28. The van der Waals surface area contributed by atoms with Gasteiger partial charge in [0.15, 0.2) is 0 Å². The van der Waals surface area contributed by atoms with Crippen molar-refractivity contribution >= 4 is 16.8 Å². The summed E-state index contributed by atoms with van der Waals surface area (Å²) in [4.78, 5) is 19.4. The van der Waals surface area contributed by atoms with E-state index < -0.39 is 0 Å². The molecule has 0 unspecified atom stereocenters. The zero-order valence-corrected chi connectivity index (χ0v) is 13.0. The number of ether oxygens (including phenoxy) is 1. The number of amides is 1. The Balaban J connectivity index is 1.60. The first-order valence-corrected chi connectivity index (χ1v) is 7.69. The number of pyridine rings is 1. The van der Waals surface area contributed by atoms with E-state index in [-0.39, 0.29) is 5.91 Å². The van der Waals surface area contributed by atoms with E-state index in [4.69, 9.17) is 4.74 Å². The van der Waals surface area contributed by atoms with Crippen molar-refractivity contribution in [1.82, 2.24) is 15.3 Å². The first-order chi connectivity index (χ1) is 11.3. The van der Waals surface area contributed by atoms with Gasteiger partial charge in [0.05, 0.1) is 12.8 Å². The third-order valence-corrected chi connectivity index (χ3v) is 3.51. The number of rotatable bonds is 6. The van der Waals surface area contributed by atoms with Crippen molar-refractivity contribution in [1.29, 1.82) is 0 Å². The second-order valence-electron chi connectivity index (χ2n) is 5.31. The van der Waals surface area contributed by atoms with Crippen molar-refractivity contribution in [3.63, 3.8) is 0 Å². The summed E-state index contributed by atoms with van der Waals surface area (Å²) in [6.07, 6.45) is 4.42. The van der Waals surface area contributed by atoms with Gasteiger partial charge in [-0.2, -0.15) is 0 Å². The number of carbonyl (C=O) groups is 1. The van der Waals surface area contributed by atoms with E-state index in [1.54, 1.807) is 18.3 Å². The van der Waals surface area contributed by atoms with Gasteiger partial charge in [0.25, 0.3) is 5.91 Å². The SMILES string of the molecule is CCCOc1ccc(C(=O)NCc2ccc3[nH]ccc3c2)nc1. The molecule has 5 heteroatoms. The summed E-state index contributed by atoms with van der Waals surface area (Å²) < 4.78 is 5.46. The number of H-pyrrole nitrogens is 1. The van der Waals surface area contributed by atoms with Crippen molar-refractivity contribution in [2.75, 3.05) is 6.61 Å². The summed E-state index contributed by atoms with van der Waals surface area (Å²) in [5, 5.41) is 4.01. The number of hydrogen-bond donors (Lipinski definition) is 2. The first kappa shape index (κ1) is 15.1. The van der Waals surface area contributed by atoms with Crippen LogP contribution in [0.5, 0.6) is 5.75 Å². The molecule has 3 aromatic rings. The van der Waals surface area contributed by atoms with Crippen LogP contribution >= 0.6 is 0 Å². The molecular weight excluding hydrogens is 290 g/mol. The molecule has 0 spiro atoms. The van der Waals surface area contributed by atoms with Gasteiger partial charge in [-0.25, -0.2) is 4.98 Å². The highest BCUT2D eigenvalue weighted by molar-refractivity contribution is 5.92. The van der Waals surface area contributed by atoms with E-state index in [0.717, 1.165) is 22.9 Å². The third kappa shape index (κ3) is 3.69. The molecule has 0 bridgehead atoms. The molecule has 0 aliphatic carbocycles. The molecule has 0 aliphatic rings. The fourth-order valence-electron chi connectivity index (χ4n) is 2.31. The summed E-state index contributed by atoms with van der Waals surface area (Å²) in [5.74, 6) is 0.488. The Morgan fingerprint density at radius 2 is 2.17 bits per heavy atom. The fraction of sp³-hybridized carbons (Fsp3) is 0.222. The summed E-state index contributed by atoms with van der Waals surface area (Å²) in [6, 6.07) is 11.5. The summed E-state index contributed by atoms with van der Waals surface area (Å²) >= 11 is 0. The highest BCUT2D eigenvalue weighted by atomic mass is 16.5. The molecule has 2 N–H and O–H groups in total. The molecule has 0 saturated carbocycles. The minimum absolute atomic E-state index is 0.193. The standard InChI is InChI=1S/C18H19N3O2/c1-2-9-23-15-4-6-17(20-12-15)18(22)21-11-13-3-5-16-14(10-13)7-8-19-16/h3-8,10,12,19H,2,9,11H2,1H3,(H,21,22). The van der Waals surface area contributed by atoms with Gasteiger partial charge >= 0.3 is 0 Å². The van der Waals surface area contributed by atoms with Crippen LogP contribution < -0.4 is 10.1 Å². The van der Waals surface area contributed by atoms with Gasteiger partial charge in [0, 0.05) is 18.3 Å². The number of nitrogens with one attached hydrogen (secondary N) is 2. The van der Waals surface area contributed by atoms with Gasteiger partial charge in [0.2, 0.25) is 0 Å². The molecule has 0 radical (unpaired) electrons. The molecule has 1 aromatic carbocycles. The minimum Gasteiger partial charge on any atom is -0.492 e. The fourth-order valence-corrected chi connectivity index (χ4v) is 2.31. The van der Waals surface area contributed by atoms with Crippen molar-refractivity contribution in [3.8, 4) is 5.75 Å². The molecule has 0 atom stereocenters. The Bertz CT molecular complexity index is 793. The highest BCUT2D eigenvalue weighted by Gasteiger charge is 2.07. The number of aromatic nitrogens is 2. The number of hydrogen-bond acceptors (Lipinski definition) is 3. The Kier molecular flexibility index (Phi) is 4.57. The molecule has 5 nitrogen and oxygen atoms in total. The van der Waals surface area contributed by atoms with Crippen molar-refractivity contribution < 1.29 is 9.53 Å². The molecule has 2 aromatic heterocycles. The highest BCUT2D eigenvalue weighted by Crippen LogP contribution is 2.14. The van der Waals surface area contributed by atoms with Crippen LogP contribution in [0.3, 0.4) is 0 Å². The van der Waals surface area contributed by atoms with Gasteiger partial charge in [0.1, 0.15) is 11.4 Å². The van der Waals surface area contributed by atoms with Crippen molar-refractivity contribution in [2.45, 2.75) is 19.9 Å². The number of benzene rings is 1. The van der Waals surface area contributed by atoms with Crippen LogP contribution in [0, 0.1) is 0 Å². The number of nitrogens with zero attached hydrogens (tertiary/aromatic N) is 1. The molecule has 1 amide bonds. The van der Waals surface area contributed by atoms with E-state index in [1.165, 1.54) is 0 Å². The lowest BCUT2D eigenvalue weighted by Gasteiger charge is -2.07. The molecule has 118 valence electrons. The third-order valence-electron chi connectivity index (χ3n) is 3.51. The lowest BCUT2D eigenvalue weighted by atomic mass is 10.1. The van der Waals surface area contributed by atoms with Crippen LogP contribution in [-0.4, -0.2) is 22.5 Å².